The maximum Gasteiger partial charge on any atom is 0.309 e. The summed E-state index contributed by atoms with van der Waals surface area (Å²) in [5.74, 6) is 0.804. The molecule has 1 N–H and O–H groups in total. The van der Waals surface area contributed by atoms with Gasteiger partial charge in [0.15, 0.2) is 0 Å². The van der Waals surface area contributed by atoms with Crippen LogP contribution in [0.1, 0.15) is 151 Å². The number of hydrogen-bond donors (Lipinski definition) is 1. The van der Waals surface area contributed by atoms with Crippen LogP contribution in [0.25, 0.3) is 0 Å². The van der Waals surface area contributed by atoms with Crippen molar-refractivity contribution < 1.29 is 19.4 Å². The van der Waals surface area contributed by atoms with Crippen molar-refractivity contribution in [2.24, 2.45) is 57.8 Å². The number of halogens is 1. The minimum Gasteiger partial charge on any atom is -0.481 e. The van der Waals surface area contributed by atoms with Crippen LogP contribution in [0.5, 0.6) is 0 Å². The number of carbonyl (C=O) groups is 2. The third-order valence-electron chi connectivity index (χ3n) is 16.6. The highest BCUT2D eigenvalue weighted by atomic mass is 35.5. The summed E-state index contributed by atoms with van der Waals surface area (Å²) in [6, 6.07) is 9.70. The first-order valence-corrected chi connectivity index (χ1v) is 21.8. The lowest BCUT2D eigenvalue weighted by atomic mass is 9.35. The highest BCUT2D eigenvalue weighted by Gasteiger charge is 2.66. The van der Waals surface area contributed by atoms with Crippen molar-refractivity contribution in [2.45, 2.75) is 158 Å². The van der Waals surface area contributed by atoms with Gasteiger partial charge in [0.1, 0.15) is 6.10 Å². The van der Waals surface area contributed by atoms with E-state index in [1.165, 1.54) is 38.5 Å². The number of carbonyl (C=O) groups excluding carboxylic acids is 1. The summed E-state index contributed by atoms with van der Waals surface area (Å²) in [4.78, 5) is 38.1. The zero-order valence-electron chi connectivity index (χ0n) is 35.5. The van der Waals surface area contributed by atoms with E-state index in [0.717, 1.165) is 49.8 Å². The van der Waals surface area contributed by atoms with Crippen LogP contribution in [0.3, 0.4) is 0 Å². The van der Waals surface area contributed by atoms with E-state index in [1.807, 2.05) is 35.0 Å². The zero-order valence-corrected chi connectivity index (χ0v) is 36.3. The summed E-state index contributed by atoms with van der Waals surface area (Å²) in [6.07, 6.45) is 12.7. The summed E-state index contributed by atoms with van der Waals surface area (Å²) in [7, 11) is 2.06. The fourth-order valence-electron chi connectivity index (χ4n) is 12.6. The maximum atomic E-state index is 13.5. The van der Waals surface area contributed by atoms with Crippen molar-refractivity contribution in [1.29, 1.82) is 0 Å². The van der Waals surface area contributed by atoms with Crippen molar-refractivity contribution in [1.82, 2.24) is 9.36 Å². The Morgan fingerprint density at radius 2 is 1.71 bits per heavy atom. The second kappa shape index (κ2) is 15.2. The van der Waals surface area contributed by atoms with Crippen LogP contribution in [0.2, 0.25) is 5.02 Å². The number of hydrogen-bond acceptors (Lipinski definition) is 4. The van der Waals surface area contributed by atoms with E-state index in [0.29, 0.717) is 35.2 Å². The third kappa shape index (κ3) is 7.31. The molecule has 55 heavy (non-hydrogen) atoms. The van der Waals surface area contributed by atoms with Crippen LogP contribution in [-0.4, -0.2) is 32.5 Å². The number of aromatic nitrogens is 2. The molecule has 0 aliphatic heterocycles. The number of nitrogens with zero attached hydrogens (tertiary/aromatic N) is 2. The lowest BCUT2D eigenvalue weighted by Crippen LogP contribution is -2.62. The molecule has 1 aromatic heterocycles. The summed E-state index contributed by atoms with van der Waals surface area (Å²) in [6.45, 7) is 20.9. The number of allylic oxidation sites excluding steroid dienone is 2. The molecule has 7 nitrogen and oxygen atoms in total. The van der Waals surface area contributed by atoms with E-state index in [-0.39, 0.29) is 39.7 Å². The van der Waals surface area contributed by atoms with E-state index in [4.69, 9.17) is 16.3 Å². The van der Waals surface area contributed by atoms with Crippen molar-refractivity contribution in [3.8, 4) is 0 Å². The van der Waals surface area contributed by atoms with Gasteiger partial charge in [-0.2, -0.15) is 0 Å². The van der Waals surface area contributed by atoms with Gasteiger partial charge in [-0.05, 0) is 154 Å². The van der Waals surface area contributed by atoms with Gasteiger partial charge in [-0.3, -0.25) is 19.1 Å². The molecule has 3 saturated carbocycles. The van der Waals surface area contributed by atoms with Crippen molar-refractivity contribution in [3.63, 3.8) is 0 Å². The molecule has 0 amide bonds. The van der Waals surface area contributed by atoms with Gasteiger partial charge in [0.05, 0.1) is 18.4 Å². The molecule has 3 fully saturated rings. The minimum absolute atomic E-state index is 0.0601. The topological polar surface area (TPSA) is 90.5 Å². The molecule has 0 spiro atoms. The normalized spacial score (nSPS) is 32.5. The molecule has 0 bridgehead atoms. The van der Waals surface area contributed by atoms with Crippen molar-refractivity contribution >= 4 is 23.5 Å². The third-order valence-corrected chi connectivity index (χ3v) is 16.8. The molecule has 8 atom stereocenters. The van der Waals surface area contributed by atoms with Crippen LogP contribution in [0.4, 0.5) is 0 Å². The molecule has 6 rings (SSSR count). The Kier molecular flexibility index (Phi) is 11.5. The Morgan fingerprint density at radius 1 is 1.02 bits per heavy atom. The van der Waals surface area contributed by atoms with Gasteiger partial charge in [-0.1, -0.05) is 83.3 Å². The van der Waals surface area contributed by atoms with E-state index >= 15 is 0 Å². The first-order valence-electron chi connectivity index (χ1n) is 21.4. The Morgan fingerprint density at radius 3 is 2.35 bits per heavy atom. The zero-order chi connectivity index (χ0) is 40.3. The quantitative estimate of drug-likeness (QED) is 0.162. The number of benzene rings is 1. The van der Waals surface area contributed by atoms with Gasteiger partial charge in [0, 0.05) is 23.8 Å². The lowest BCUT2D eigenvalue weighted by molar-refractivity contribution is -0.187. The van der Waals surface area contributed by atoms with Gasteiger partial charge in [-0.15, -0.1) is 0 Å². The molecule has 0 radical (unpaired) electrons. The summed E-state index contributed by atoms with van der Waals surface area (Å²) in [5.41, 5.74) is 5.13. The molecule has 0 saturated heterocycles. The van der Waals surface area contributed by atoms with Gasteiger partial charge < -0.3 is 9.84 Å². The number of aliphatic carboxylic acids is 1. The van der Waals surface area contributed by atoms with E-state index in [2.05, 4.69) is 60.2 Å². The van der Waals surface area contributed by atoms with Crippen molar-refractivity contribution in [2.75, 3.05) is 0 Å². The Labute approximate surface area is 335 Å². The van der Waals surface area contributed by atoms with E-state index < -0.39 is 17.4 Å². The SMILES string of the molecule is CC[C@H](CC[C@@]1(C)[C@H](C)CC[C@]2(C)[C@@H]1CC[C@@H]1C3=C(C(C)C)CC[C@]3(Cc3cc(=O)n(Cc4ccc(Cl)cc4)n3C)CC[C@]12C)OC(=O)CC(C)(C)C(=O)O. The molecular formula is C47H69ClN2O5. The summed E-state index contributed by atoms with van der Waals surface area (Å²) >= 11 is 6.16. The van der Waals surface area contributed by atoms with Gasteiger partial charge in [0.2, 0.25) is 0 Å². The Balaban J connectivity index is 1.26. The highest BCUT2D eigenvalue weighted by molar-refractivity contribution is 6.30. The average molecular weight is 778 g/mol. The van der Waals surface area contributed by atoms with Crippen molar-refractivity contribution in [3.05, 3.63) is 68.1 Å². The van der Waals surface area contributed by atoms with Crippen LogP contribution in [0.15, 0.2) is 46.3 Å². The molecule has 4 aliphatic rings. The average Bonchev–Trinajstić information content (AvgIpc) is 3.62. The van der Waals surface area contributed by atoms with Gasteiger partial charge >= 0.3 is 11.9 Å². The van der Waals surface area contributed by atoms with Gasteiger partial charge in [-0.25, -0.2) is 4.68 Å². The fourth-order valence-corrected chi connectivity index (χ4v) is 12.7. The largest absolute Gasteiger partial charge is 0.481 e. The highest BCUT2D eigenvalue weighted by Crippen LogP contribution is 2.75. The molecule has 4 aliphatic carbocycles. The first kappa shape index (κ1) is 41.8. The van der Waals surface area contributed by atoms with Crippen LogP contribution in [-0.2, 0) is 34.3 Å². The number of esters is 1. The fraction of sp³-hybridized carbons (Fsp3) is 0.723. The molecule has 1 heterocycles. The molecule has 1 aromatic carbocycles. The minimum atomic E-state index is -1.14. The van der Waals surface area contributed by atoms with E-state index in [9.17, 15) is 19.5 Å². The van der Waals surface area contributed by atoms with Gasteiger partial charge in [0.25, 0.3) is 5.56 Å². The molecule has 0 unspecified atom stereocenters. The van der Waals surface area contributed by atoms with Crippen LogP contribution >= 0.6 is 11.6 Å². The molecule has 8 heteroatoms. The predicted octanol–water partition coefficient (Wildman–Crippen LogP) is 11.0. The molecule has 304 valence electrons. The number of ether oxygens (including phenoxy) is 1. The Bertz CT molecular complexity index is 1850. The van der Waals surface area contributed by atoms with Crippen LogP contribution < -0.4 is 5.56 Å². The molecular weight excluding hydrogens is 708 g/mol. The van der Waals surface area contributed by atoms with E-state index in [1.54, 1.807) is 25.0 Å². The van der Waals surface area contributed by atoms with Crippen LogP contribution in [0, 0.1) is 50.7 Å². The maximum absolute atomic E-state index is 13.5. The second-order valence-electron chi connectivity index (χ2n) is 20.1. The molecule has 2 aromatic rings. The second-order valence-corrected chi connectivity index (χ2v) is 20.6. The Hall–Kier alpha value is -2.80. The lowest BCUT2D eigenvalue weighted by Gasteiger charge is -2.69. The number of carboxylic acids is 1. The summed E-state index contributed by atoms with van der Waals surface area (Å²) in [5, 5.41) is 10.3. The first-order chi connectivity index (χ1) is 25.7. The number of rotatable bonds is 13. The smallest absolute Gasteiger partial charge is 0.309 e. The summed E-state index contributed by atoms with van der Waals surface area (Å²) < 4.78 is 9.99. The predicted molar refractivity (Wildman–Crippen MR) is 221 cm³/mol. The number of fused-ring (bicyclic) bond motifs is 5. The standard InChI is InChI=1S/C47H69ClN2O5/c1-11-35(55-40(52)28-43(5,6)42(53)54)19-21-44(7)31(4)18-22-46(9)38(44)17-16-37-41-36(30(2)3)20-23-47(41,25-24-45(37,46)8)27-34-26-39(51)50(49(34)10)29-32-12-14-33(48)15-13-32/h12-15,26,30-31,35,37-38H,11,16-25,27-29H2,1-10H3,(H,53,54)/t31-,35-,37-,38-,44+,45-,46-,47-/m1/s1. The monoisotopic (exact) mass is 776 g/mol. The number of carboxylic acid groups (broad SMARTS) is 1.